The number of hydrogen-bond acceptors (Lipinski definition) is 2. The van der Waals surface area contributed by atoms with E-state index < -0.39 is 17.6 Å². The molecule has 0 aliphatic rings. The van der Waals surface area contributed by atoms with Crippen LogP contribution in [0, 0.1) is 5.41 Å². The quantitative estimate of drug-likeness (QED) is 0.463. The van der Waals surface area contributed by atoms with Crippen LogP contribution in [0.1, 0.15) is 16.7 Å². The highest BCUT2D eigenvalue weighted by Gasteiger charge is 2.30. The number of nitrogens with one attached hydrogen (secondary N) is 2. The van der Waals surface area contributed by atoms with E-state index in [-0.39, 0.29) is 5.56 Å². The van der Waals surface area contributed by atoms with Gasteiger partial charge in [0.05, 0.1) is 5.56 Å². The van der Waals surface area contributed by atoms with Gasteiger partial charge in [-0.25, -0.2) is 0 Å². The van der Waals surface area contributed by atoms with Crippen molar-refractivity contribution in [2.45, 2.75) is 6.18 Å². The molecule has 0 aliphatic carbocycles. The number of benzene rings is 3. The highest BCUT2D eigenvalue weighted by molar-refractivity contribution is 6.10. The molecule has 0 aliphatic heterocycles. The van der Waals surface area contributed by atoms with E-state index in [2.05, 4.69) is 5.32 Å². The van der Waals surface area contributed by atoms with Gasteiger partial charge in [-0.2, -0.15) is 13.2 Å². The summed E-state index contributed by atoms with van der Waals surface area (Å²) >= 11 is 0. The zero-order valence-electron chi connectivity index (χ0n) is 14.0. The Labute approximate surface area is 153 Å². The lowest BCUT2D eigenvalue weighted by molar-refractivity contribution is -0.137. The predicted octanol–water partition coefficient (Wildman–Crippen LogP) is 5.51. The summed E-state index contributed by atoms with van der Waals surface area (Å²) in [6.45, 7) is 0. The maximum atomic E-state index is 12.7. The van der Waals surface area contributed by atoms with Crippen molar-refractivity contribution in [1.82, 2.24) is 0 Å². The summed E-state index contributed by atoms with van der Waals surface area (Å²) in [4.78, 5) is 12.2. The molecule has 6 heteroatoms. The number of rotatable bonds is 4. The van der Waals surface area contributed by atoms with Gasteiger partial charge in [0.2, 0.25) is 5.91 Å². The van der Waals surface area contributed by atoms with Crippen LogP contribution in [-0.4, -0.2) is 12.1 Å². The summed E-state index contributed by atoms with van der Waals surface area (Å²) in [6.07, 6.45) is -0.670. The zero-order valence-corrected chi connectivity index (χ0v) is 14.0. The second-order valence-electron chi connectivity index (χ2n) is 5.84. The molecule has 0 bridgehead atoms. The molecule has 2 N–H and O–H groups in total. The first-order valence-corrected chi connectivity index (χ1v) is 8.07. The molecule has 1 amide bonds. The van der Waals surface area contributed by atoms with E-state index >= 15 is 0 Å². The minimum atomic E-state index is -4.43. The van der Waals surface area contributed by atoms with E-state index in [1.54, 1.807) is 12.1 Å². The minimum absolute atomic E-state index is 0.281. The van der Waals surface area contributed by atoms with E-state index in [9.17, 15) is 18.0 Å². The second kappa shape index (κ2) is 7.45. The Morgan fingerprint density at radius 3 is 2.41 bits per heavy atom. The van der Waals surface area contributed by atoms with E-state index in [4.69, 9.17) is 5.41 Å². The number of anilines is 1. The standard InChI is InChI=1S/C21H15F3N2O/c22-21(23,24)16-5-3-4-14(12-16)8-11-20(27)26-19-10-9-15(13-25)17-6-1-2-7-18(17)19/h1-13,25H,(H,26,27)/b11-8+,25-13?. The molecule has 0 heterocycles. The molecule has 0 atom stereocenters. The Balaban J connectivity index is 1.82. The van der Waals surface area contributed by atoms with Crippen molar-refractivity contribution in [3.63, 3.8) is 0 Å². The van der Waals surface area contributed by atoms with Crippen molar-refractivity contribution in [1.29, 1.82) is 5.41 Å². The topological polar surface area (TPSA) is 53.0 Å². The fourth-order valence-corrected chi connectivity index (χ4v) is 2.72. The molecule has 0 saturated carbocycles. The molecule has 0 spiro atoms. The number of fused-ring (bicyclic) bond motifs is 1. The Bertz CT molecular complexity index is 1040. The number of carbonyl (C=O) groups is 1. The zero-order chi connectivity index (χ0) is 19.4. The SMILES string of the molecule is N=Cc1ccc(NC(=O)/C=C/c2cccc(C(F)(F)F)c2)c2ccccc12. The first-order chi connectivity index (χ1) is 12.9. The fraction of sp³-hybridized carbons (Fsp3) is 0.0476. The number of halogens is 3. The highest BCUT2D eigenvalue weighted by Crippen LogP contribution is 2.30. The molecule has 3 rings (SSSR count). The average Bonchev–Trinajstić information content (AvgIpc) is 2.66. The molecule has 27 heavy (non-hydrogen) atoms. The minimum Gasteiger partial charge on any atom is -0.322 e. The lowest BCUT2D eigenvalue weighted by Gasteiger charge is -2.09. The van der Waals surface area contributed by atoms with Gasteiger partial charge in [-0.3, -0.25) is 4.79 Å². The first-order valence-electron chi connectivity index (χ1n) is 8.07. The van der Waals surface area contributed by atoms with Gasteiger partial charge in [0.15, 0.2) is 0 Å². The number of amides is 1. The van der Waals surface area contributed by atoms with Gasteiger partial charge < -0.3 is 10.7 Å². The highest BCUT2D eigenvalue weighted by atomic mass is 19.4. The summed E-state index contributed by atoms with van der Waals surface area (Å²) in [6, 6.07) is 15.5. The number of carbonyl (C=O) groups excluding carboxylic acids is 1. The normalized spacial score (nSPS) is 11.7. The van der Waals surface area contributed by atoms with E-state index in [0.29, 0.717) is 5.69 Å². The van der Waals surface area contributed by atoms with Crippen molar-refractivity contribution in [3.05, 3.63) is 83.4 Å². The van der Waals surface area contributed by atoms with Crippen molar-refractivity contribution < 1.29 is 18.0 Å². The Hall–Kier alpha value is -3.41. The maximum absolute atomic E-state index is 12.7. The van der Waals surface area contributed by atoms with Crippen molar-refractivity contribution in [2.75, 3.05) is 5.32 Å². The summed E-state index contributed by atoms with van der Waals surface area (Å²) in [5.41, 5.74) is 0.806. The van der Waals surface area contributed by atoms with Crippen LogP contribution in [0.5, 0.6) is 0 Å². The van der Waals surface area contributed by atoms with Crippen LogP contribution < -0.4 is 5.32 Å². The third-order valence-electron chi connectivity index (χ3n) is 4.01. The van der Waals surface area contributed by atoms with Crippen LogP contribution >= 0.6 is 0 Å². The van der Waals surface area contributed by atoms with Crippen LogP contribution in [0.2, 0.25) is 0 Å². The van der Waals surface area contributed by atoms with Crippen LogP contribution in [0.3, 0.4) is 0 Å². The Morgan fingerprint density at radius 1 is 0.963 bits per heavy atom. The van der Waals surface area contributed by atoms with Gasteiger partial charge >= 0.3 is 6.18 Å². The molecule has 0 saturated heterocycles. The van der Waals surface area contributed by atoms with Gasteiger partial charge in [-0.1, -0.05) is 42.5 Å². The van der Waals surface area contributed by atoms with Crippen LogP contribution in [-0.2, 0) is 11.0 Å². The Morgan fingerprint density at radius 2 is 1.70 bits per heavy atom. The summed E-state index contributed by atoms with van der Waals surface area (Å²) in [5.74, 6) is -0.458. The van der Waals surface area contributed by atoms with Crippen molar-refractivity contribution in [3.8, 4) is 0 Å². The van der Waals surface area contributed by atoms with Gasteiger partial charge in [-0.05, 0) is 40.8 Å². The third kappa shape index (κ3) is 4.23. The molecule has 0 radical (unpaired) electrons. The fourth-order valence-electron chi connectivity index (χ4n) is 2.72. The number of alkyl halides is 3. The van der Waals surface area contributed by atoms with Gasteiger partial charge in [0.25, 0.3) is 0 Å². The largest absolute Gasteiger partial charge is 0.416 e. The molecule has 0 fully saturated rings. The molecular weight excluding hydrogens is 353 g/mol. The second-order valence-corrected chi connectivity index (χ2v) is 5.84. The molecule has 3 aromatic rings. The summed E-state index contributed by atoms with van der Waals surface area (Å²) in [5, 5.41) is 11.8. The smallest absolute Gasteiger partial charge is 0.322 e. The van der Waals surface area contributed by atoms with Gasteiger partial charge in [0, 0.05) is 23.4 Å². The number of hydrogen-bond donors (Lipinski definition) is 2. The predicted molar refractivity (Wildman–Crippen MR) is 101 cm³/mol. The molecule has 3 aromatic carbocycles. The molecule has 0 aromatic heterocycles. The maximum Gasteiger partial charge on any atom is 0.416 e. The van der Waals surface area contributed by atoms with Crippen molar-refractivity contribution in [2.24, 2.45) is 0 Å². The molecule has 136 valence electrons. The molecule has 3 nitrogen and oxygen atoms in total. The summed E-state index contributed by atoms with van der Waals surface area (Å²) in [7, 11) is 0. The van der Waals surface area contributed by atoms with Crippen LogP contribution in [0.4, 0.5) is 18.9 Å². The third-order valence-corrected chi connectivity index (χ3v) is 4.01. The van der Waals surface area contributed by atoms with E-state index in [1.165, 1.54) is 30.5 Å². The molecule has 0 unspecified atom stereocenters. The molecular formula is C21H15F3N2O. The lowest BCUT2D eigenvalue weighted by Crippen LogP contribution is -2.08. The van der Waals surface area contributed by atoms with E-state index in [1.807, 2.05) is 24.3 Å². The monoisotopic (exact) mass is 368 g/mol. The van der Waals surface area contributed by atoms with E-state index in [0.717, 1.165) is 28.5 Å². The Kier molecular flexibility index (Phi) is 5.07. The van der Waals surface area contributed by atoms with Gasteiger partial charge in [0.1, 0.15) is 0 Å². The first kappa shape index (κ1) is 18.4. The van der Waals surface area contributed by atoms with Crippen LogP contribution in [0.15, 0.2) is 66.7 Å². The van der Waals surface area contributed by atoms with Gasteiger partial charge in [-0.15, -0.1) is 0 Å². The summed E-state index contributed by atoms with van der Waals surface area (Å²) < 4.78 is 38.2. The van der Waals surface area contributed by atoms with Crippen LogP contribution in [0.25, 0.3) is 16.8 Å². The average molecular weight is 368 g/mol. The van der Waals surface area contributed by atoms with Crippen molar-refractivity contribution >= 4 is 34.7 Å². The lowest BCUT2D eigenvalue weighted by atomic mass is 10.0.